The fraction of sp³-hybridized carbons (Fsp3) is 0.786. The first-order valence-electron chi connectivity index (χ1n) is 7.32. The lowest BCUT2D eigenvalue weighted by Gasteiger charge is -2.35. The summed E-state index contributed by atoms with van der Waals surface area (Å²) in [5.41, 5.74) is 0.158. The summed E-state index contributed by atoms with van der Waals surface area (Å²) in [4.78, 5) is 9.32. The van der Waals surface area contributed by atoms with Crippen LogP contribution in [-0.4, -0.2) is 66.3 Å². The standard InChI is InChI=1S/C14H23N3O2S/c1-16-4-2-14(18,3-5-16)12-11-20-13(15-12)10-17-6-8-19-9-7-17/h11,18H,2-10H2,1H3. The van der Waals surface area contributed by atoms with Gasteiger partial charge in [-0.05, 0) is 19.9 Å². The molecule has 2 saturated heterocycles. The Hall–Kier alpha value is -0.530. The molecular weight excluding hydrogens is 274 g/mol. The van der Waals surface area contributed by atoms with E-state index in [4.69, 9.17) is 9.72 Å². The lowest BCUT2D eigenvalue weighted by Crippen LogP contribution is -2.41. The number of hydrogen-bond acceptors (Lipinski definition) is 6. The topological polar surface area (TPSA) is 48.8 Å². The van der Waals surface area contributed by atoms with Gasteiger partial charge in [0, 0.05) is 31.6 Å². The Morgan fingerprint density at radius 3 is 2.70 bits per heavy atom. The Bertz CT molecular complexity index is 437. The normalized spacial score (nSPS) is 24.9. The molecule has 20 heavy (non-hydrogen) atoms. The van der Waals surface area contributed by atoms with Gasteiger partial charge in [0.15, 0.2) is 0 Å². The maximum absolute atomic E-state index is 10.8. The zero-order chi connectivity index (χ0) is 14.0. The van der Waals surface area contributed by atoms with Crippen molar-refractivity contribution in [2.24, 2.45) is 0 Å². The molecule has 0 unspecified atom stereocenters. The molecule has 0 radical (unpaired) electrons. The van der Waals surface area contributed by atoms with Gasteiger partial charge >= 0.3 is 0 Å². The SMILES string of the molecule is CN1CCC(O)(c2csc(CN3CCOCC3)n2)CC1. The molecule has 1 aromatic heterocycles. The summed E-state index contributed by atoms with van der Waals surface area (Å²) in [6.45, 7) is 6.33. The maximum atomic E-state index is 10.8. The van der Waals surface area contributed by atoms with E-state index in [9.17, 15) is 5.11 Å². The molecule has 0 saturated carbocycles. The number of aliphatic hydroxyl groups is 1. The van der Waals surface area contributed by atoms with Gasteiger partial charge in [-0.3, -0.25) is 4.90 Å². The molecule has 0 aliphatic carbocycles. The summed E-state index contributed by atoms with van der Waals surface area (Å²) < 4.78 is 5.36. The summed E-state index contributed by atoms with van der Waals surface area (Å²) in [5, 5.41) is 13.9. The van der Waals surface area contributed by atoms with Gasteiger partial charge in [0.25, 0.3) is 0 Å². The van der Waals surface area contributed by atoms with Crippen LogP contribution in [0.1, 0.15) is 23.5 Å². The molecule has 1 aromatic rings. The minimum atomic E-state index is -0.716. The van der Waals surface area contributed by atoms with Crippen molar-refractivity contribution in [3.05, 3.63) is 16.1 Å². The second-order valence-corrected chi connectivity index (χ2v) is 6.79. The molecule has 0 aromatic carbocycles. The second kappa shape index (κ2) is 6.07. The van der Waals surface area contributed by atoms with Gasteiger partial charge in [-0.2, -0.15) is 0 Å². The predicted molar refractivity (Wildman–Crippen MR) is 78.8 cm³/mol. The van der Waals surface area contributed by atoms with E-state index < -0.39 is 5.60 Å². The van der Waals surface area contributed by atoms with Crippen LogP contribution in [0, 0.1) is 0 Å². The summed E-state index contributed by atoms with van der Waals surface area (Å²) in [7, 11) is 2.10. The molecule has 112 valence electrons. The van der Waals surface area contributed by atoms with E-state index >= 15 is 0 Å². The first-order chi connectivity index (χ1) is 9.66. The summed E-state index contributed by atoms with van der Waals surface area (Å²) in [6.07, 6.45) is 1.56. The second-order valence-electron chi connectivity index (χ2n) is 5.85. The first kappa shape index (κ1) is 14.4. The average Bonchev–Trinajstić information content (AvgIpc) is 2.93. The van der Waals surface area contributed by atoms with Crippen molar-refractivity contribution in [2.75, 3.05) is 46.4 Å². The van der Waals surface area contributed by atoms with Crippen molar-refractivity contribution < 1.29 is 9.84 Å². The molecule has 2 aliphatic heterocycles. The average molecular weight is 297 g/mol. The Labute approximate surface area is 124 Å². The number of thiazole rings is 1. The number of piperidine rings is 1. The fourth-order valence-electron chi connectivity index (χ4n) is 2.79. The van der Waals surface area contributed by atoms with E-state index in [2.05, 4.69) is 16.8 Å². The third-order valence-electron chi connectivity index (χ3n) is 4.31. The number of likely N-dealkylation sites (tertiary alicyclic amines) is 1. The minimum Gasteiger partial charge on any atom is -0.383 e. The van der Waals surface area contributed by atoms with Gasteiger partial charge < -0.3 is 14.7 Å². The molecule has 2 fully saturated rings. The number of hydrogen-bond donors (Lipinski definition) is 1. The van der Waals surface area contributed by atoms with Crippen molar-refractivity contribution in [3.8, 4) is 0 Å². The molecular formula is C14H23N3O2S. The van der Waals surface area contributed by atoms with E-state index in [1.165, 1.54) is 0 Å². The lowest BCUT2D eigenvalue weighted by molar-refractivity contribution is -0.0236. The Balaban J connectivity index is 1.63. The molecule has 3 rings (SSSR count). The van der Waals surface area contributed by atoms with Gasteiger partial charge in [0.1, 0.15) is 10.6 Å². The zero-order valence-corrected chi connectivity index (χ0v) is 12.9. The van der Waals surface area contributed by atoms with E-state index in [1.54, 1.807) is 11.3 Å². The first-order valence-corrected chi connectivity index (χ1v) is 8.20. The summed E-state index contributed by atoms with van der Waals surface area (Å²) in [5.74, 6) is 0. The lowest BCUT2D eigenvalue weighted by atomic mass is 9.89. The number of morpholine rings is 1. The monoisotopic (exact) mass is 297 g/mol. The molecule has 0 bridgehead atoms. The number of rotatable bonds is 3. The summed E-state index contributed by atoms with van der Waals surface area (Å²) >= 11 is 1.67. The number of aromatic nitrogens is 1. The highest BCUT2D eigenvalue weighted by Crippen LogP contribution is 2.33. The van der Waals surface area contributed by atoms with E-state index in [0.29, 0.717) is 0 Å². The van der Waals surface area contributed by atoms with Gasteiger partial charge in [-0.25, -0.2) is 4.98 Å². The van der Waals surface area contributed by atoms with Crippen LogP contribution in [0.4, 0.5) is 0 Å². The van der Waals surface area contributed by atoms with Crippen LogP contribution in [-0.2, 0) is 16.9 Å². The zero-order valence-electron chi connectivity index (χ0n) is 12.0. The van der Waals surface area contributed by atoms with Crippen LogP contribution >= 0.6 is 11.3 Å². The molecule has 6 heteroatoms. The van der Waals surface area contributed by atoms with Gasteiger partial charge in [-0.15, -0.1) is 11.3 Å². The predicted octanol–water partition coefficient (Wildman–Crippen LogP) is 0.889. The van der Waals surface area contributed by atoms with Crippen molar-refractivity contribution in [2.45, 2.75) is 25.0 Å². The largest absolute Gasteiger partial charge is 0.383 e. The highest BCUT2D eigenvalue weighted by Gasteiger charge is 2.35. The van der Waals surface area contributed by atoms with E-state index in [-0.39, 0.29) is 0 Å². The molecule has 0 atom stereocenters. The Morgan fingerprint density at radius 1 is 1.30 bits per heavy atom. The molecule has 0 spiro atoms. The Kier molecular flexibility index (Phi) is 4.37. The number of nitrogens with zero attached hydrogens (tertiary/aromatic N) is 3. The summed E-state index contributed by atoms with van der Waals surface area (Å²) in [6, 6.07) is 0. The van der Waals surface area contributed by atoms with Crippen LogP contribution < -0.4 is 0 Å². The van der Waals surface area contributed by atoms with Crippen LogP contribution in [0.15, 0.2) is 5.38 Å². The minimum absolute atomic E-state index is 0.716. The van der Waals surface area contributed by atoms with Gasteiger partial charge in [0.05, 0.1) is 25.5 Å². The van der Waals surface area contributed by atoms with Crippen LogP contribution in [0.5, 0.6) is 0 Å². The maximum Gasteiger partial charge on any atom is 0.110 e. The molecule has 1 N–H and O–H groups in total. The third kappa shape index (κ3) is 3.20. The fourth-order valence-corrected chi connectivity index (χ4v) is 3.72. The van der Waals surface area contributed by atoms with Gasteiger partial charge in [-0.1, -0.05) is 0 Å². The Morgan fingerprint density at radius 2 is 2.00 bits per heavy atom. The highest BCUT2D eigenvalue weighted by atomic mass is 32.1. The van der Waals surface area contributed by atoms with E-state index in [0.717, 1.165) is 69.5 Å². The van der Waals surface area contributed by atoms with E-state index in [1.807, 2.05) is 5.38 Å². The smallest absolute Gasteiger partial charge is 0.110 e. The van der Waals surface area contributed by atoms with Gasteiger partial charge in [0.2, 0.25) is 0 Å². The van der Waals surface area contributed by atoms with Crippen molar-refractivity contribution in [1.82, 2.24) is 14.8 Å². The molecule has 0 amide bonds. The van der Waals surface area contributed by atoms with Crippen LogP contribution in [0.25, 0.3) is 0 Å². The van der Waals surface area contributed by atoms with Crippen LogP contribution in [0.3, 0.4) is 0 Å². The van der Waals surface area contributed by atoms with Crippen LogP contribution in [0.2, 0.25) is 0 Å². The third-order valence-corrected chi connectivity index (χ3v) is 5.14. The van der Waals surface area contributed by atoms with Crippen molar-refractivity contribution in [1.29, 1.82) is 0 Å². The highest BCUT2D eigenvalue weighted by molar-refractivity contribution is 7.09. The van der Waals surface area contributed by atoms with Crippen molar-refractivity contribution in [3.63, 3.8) is 0 Å². The molecule has 2 aliphatic rings. The molecule has 3 heterocycles. The van der Waals surface area contributed by atoms with Crippen molar-refractivity contribution >= 4 is 11.3 Å². The quantitative estimate of drug-likeness (QED) is 0.898. The molecule has 5 nitrogen and oxygen atoms in total. The number of ether oxygens (including phenoxy) is 1.